The summed E-state index contributed by atoms with van der Waals surface area (Å²) in [7, 11) is 0. The van der Waals surface area contributed by atoms with Gasteiger partial charge in [0.2, 0.25) is 5.91 Å². The fourth-order valence-electron chi connectivity index (χ4n) is 3.38. The molecule has 2 saturated heterocycles. The van der Waals surface area contributed by atoms with Crippen molar-refractivity contribution in [1.82, 2.24) is 20.7 Å². The van der Waals surface area contributed by atoms with Gasteiger partial charge in [0.25, 0.3) is 11.8 Å². The minimum Gasteiger partial charge on any atom is -0.338 e. The number of carbonyl (C=O) groups excluding carboxylic acids is 4. The molecule has 0 aliphatic carbocycles. The fraction of sp³-hybridized carbons (Fsp3) is 0.474. The van der Waals surface area contributed by atoms with E-state index >= 15 is 0 Å². The molecule has 2 N–H and O–H groups in total. The molecule has 0 spiro atoms. The summed E-state index contributed by atoms with van der Waals surface area (Å²) in [5.74, 6) is -1.61. The van der Waals surface area contributed by atoms with E-state index in [1.807, 2.05) is 0 Å². The molecule has 0 radical (unpaired) electrons. The molecule has 150 valence electrons. The van der Waals surface area contributed by atoms with Crippen molar-refractivity contribution in [3.8, 4) is 0 Å². The number of imide groups is 1. The summed E-state index contributed by atoms with van der Waals surface area (Å²) < 4.78 is 0. The van der Waals surface area contributed by atoms with Crippen LogP contribution in [0.2, 0.25) is 5.02 Å². The van der Waals surface area contributed by atoms with E-state index in [4.69, 9.17) is 11.6 Å². The highest BCUT2D eigenvalue weighted by Gasteiger charge is 2.48. The standard InChI is InChI=1S/C19H23ClN4O4/c1-3-19(2)17(27)24(18(28)21-19)22-15(25)13-5-4-10-23(11-13)16(26)12-6-8-14(20)9-7-12/h6-9,13H,3-5,10-11H2,1-2H3,(H,21,28)(H,22,25). The Kier molecular flexibility index (Phi) is 5.60. The predicted molar refractivity (Wildman–Crippen MR) is 102 cm³/mol. The molecule has 1 aromatic rings. The smallest absolute Gasteiger partial charge is 0.338 e. The molecule has 5 amide bonds. The SMILES string of the molecule is CCC1(C)NC(=O)N(NC(=O)C2CCCN(C(=O)c3ccc(Cl)cc3)C2)C1=O. The Morgan fingerprint density at radius 3 is 2.57 bits per heavy atom. The van der Waals surface area contributed by atoms with Crippen molar-refractivity contribution in [2.24, 2.45) is 5.92 Å². The molecule has 2 atom stereocenters. The monoisotopic (exact) mass is 406 g/mol. The first kappa shape index (κ1) is 20.1. The number of nitrogens with one attached hydrogen (secondary N) is 2. The average molecular weight is 407 g/mol. The number of piperidine rings is 1. The van der Waals surface area contributed by atoms with Crippen molar-refractivity contribution >= 4 is 35.4 Å². The maximum absolute atomic E-state index is 12.7. The van der Waals surface area contributed by atoms with Crippen LogP contribution >= 0.6 is 11.6 Å². The maximum atomic E-state index is 12.7. The molecular formula is C19H23ClN4O4. The molecule has 1 aromatic carbocycles. The molecule has 9 heteroatoms. The maximum Gasteiger partial charge on any atom is 0.344 e. The van der Waals surface area contributed by atoms with E-state index in [9.17, 15) is 19.2 Å². The normalized spacial score (nSPS) is 24.9. The lowest BCUT2D eigenvalue weighted by Gasteiger charge is -2.32. The zero-order valence-electron chi connectivity index (χ0n) is 15.8. The number of urea groups is 1. The van der Waals surface area contributed by atoms with Crippen molar-refractivity contribution in [3.63, 3.8) is 0 Å². The molecule has 2 unspecified atom stereocenters. The zero-order chi connectivity index (χ0) is 20.5. The second-order valence-corrected chi connectivity index (χ2v) is 7.77. The van der Waals surface area contributed by atoms with E-state index in [-0.39, 0.29) is 12.5 Å². The highest BCUT2D eigenvalue weighted by Crippen LogP contribution is 2.22. The first-order valence-corrected chi connectivity index (χ1v) is 9.65. The third-order valence-electron chi connectivity index (χ3n) is 5.36. The van der Waals surface area contributed by atoms with Crippen LogP contribution in [0.5, 0.6) is 0 Å². The summed E-state index contributed by atoms with van der Waals surface area (Å²) in [5.41, 5.74) is 1.90. The number of likely N-dealkylation sites (tertiary alicyclic amines) is 1. The van der Waals surface area contributed by atoms with Gasteiger partial charge < -0.3 is 10.2 Å². The molecule has 8 nitrogen and oxygen atoms in total. The van der Waals surface area contributed by atoms with Crippen molar-refractivity contribution in [2.75, 3.05) is 13.1 Å². The summed E-state index contributed by atoms with van der Waals surface area (Å²) in [6, 6.07) is 5.93. The number of hydrogen-bond acceptors (Lipinski definition) is 4. The Hall–Kier alpha value is -2.61. The number of rotatable bonds is 4. The average Bonchev–Trinajstić information content (AvgIpc) is 2.91. The van der Waals surface area contributed by atoms with Gasteiger partial charge in [-0.2, -0.15) is 5.01 Å². The second kappa shape index (κ2) is 7.79. The molecule has 2 aliphatic heterocycles. The topological polar surface area (TPSA) is 98.8 Å². The summed E-state index contributed by atoms with van der Waals surface area (Å²) in [6.45, 7) is 4.17. The minimum atomic E-state index is -1.02. The van der Waals surface area contributed by atoms with Gasteiger partial charge in [-0.15, -0.1) is 0 Å². The van der Waals surface area contributed by atoms with Gasteiger partial charge in [-0.3, -0.25) is 19.8 Å². The van der Waals surface area contributed by atoms with Crippen LogP contribution in [-0.4, -0.2) is 52.3 Å². The van der Waals surface area contributed by atoms with E-state index in [1.54, 1.807) is 43.0 Å². The molecule has 28 heavy (non-hydrogen) atoms. The number of benzene rings is 1. The molecule has 2 heterocycles. The highest BCUT2D eigenvalue weighted by atomic mass is 35.5. The van der Waals surface area contributed by atoms with Crippen LogP contribution in [-0.2, 0) is 9.59 Å². The number of nitrogens with zero attached hydrogens (tertiary/aromatic N) is 2. The lowest BCUT2D eigenvalue weighted by Crippen LogP contribution is -2.53. The largest absolute Gasteiger partial charge is 0.344 e. The van der Waals surface area contributed by atoms with Gasteiger partial charge in [0.1, 0.15) is 5.54 Å². The Morgan fingerprint density at radius 1 is 1.29 bits per heavy atom. The van der Waals surface area contributed by atoms with Gasteiger partial charge in [0, 0.05) is 23.7 Å². The van der Waals surface area contributed by atoms with Crippen molar-refractivity contribution in [3.05, 3.63) is 34.9 Å². The Labute approximate surface area is 168 Å². The van der Waals surface area contributed by atoms with Gasteiger partial charge in [-0.1, -0.05) is 18.5 Å². The molecule has 2 aliphatic rings. The molecule has 3 rings (SSSR count). The number of halogens is 1. The Balaban J connectivity index is 1.65. The van der Waals surface area contributed by atoms with Crippen LogP contribution in [0.4, 0.5) is 4.79 Å². The van der Waals surface area contributed by atoms with Crippen molar-refractivity contribution in [1.29, 1.82) is 0 Å². The van der Waals surface area contributed by atoms with Crippen LogP contribution in [0.25, 0.3) is 0 Å². The third-order valence-corrected chi connectivity index (χ3v) is 5.61. The summed E-state index contributed by atoms with van der Waals surface area (Å²) in [5, 5.41) is 3.87. The molecular weight excluding hydrogens is 384 g/mol. The fourth-order valence-corrected chi connectivity index (χ4v) is 3.50. The van der Waals surface area contributed by atoms with Crippen LogP contribution in [0.15, 0.2) is 24.3 Å². The van der Waals surface area contributed by atoms with E-state index in [1.165, 1.54) is 0 Å². The van der Waals surface area contributed by atoms with Crippen LogP contribution in [0.1, 0.15) is 43.5 Å². The summed E-state index contributed by atoms with van der Waals surface area (Å²) >= 11 is 5.86. The van der Waals surface area contributed by atoms with Gasteiger partial charge in [-0.05, 0) is 50.5 Å². The number of hydrogen-bond donors (Lipinski definition) is 2. The number of carbonyl (C=O) groups is 4. The number of amides is 5. The Bertz CT molecular complexity index is 813. The zero-order valence-corrected chi connectivity index (χ0v) is 16.6. The second-order valence-electron chi connectivity index (χ2n) is 7.33. The van der Waals surface area contributed by atoms with E-state index in [2.05, 4.69) is 10.7 Å². The number of hydrazine groups is 1. The van der Waals surface area contributed by atoms with E-state index in [0.29, 0.717) is 36.4 Å². The highest BCUT2D eigenvalue weighted by molar-refractivity contribution is 6.30. The lowest BCUT2D eigenvalue weighted by atomic mass is 9.96. The molecule has 0 aromatic heterocycles. The van der Waals surface area contributed by atoms with Gasteiger partial charge >= 0.3 is 6.03 Å². The lowest BCUT2D eigenvalue weighted by molar-refractivity contribution is -0.141. The molecule has 0 saturated carbocycles. The van der Waals surface area contributed by atoms with Crippen LogP contribution in [0.3, 0.4) is 0 Å². The van der Waals surface area contributed by atoms with E-state index in [0.717, 1.165) is 5.01 Å². The first-order valence-electron chi connectivity index (χ1n) is 9.27. The third kappa shape index (κ3) is 3.82. The predicted octanol–water partition coefficient (Wildman–Crippen LogP) is 1.94. The van der Waals surface area contributed by atoms with Gasteiger partial charge in [0.15, 0.2) is 0 Å². The summed E-state index contributed by atoms with van der Waals surface area (Å²) in [4.78, 5) is 51.4. The first-order chi connectivity index (χ1) is 13.2. The summed E-state index contributed by atoms with van der Waals surface area (Å²) in [6.07, 6.45) is 1.64. The quantitative estimate of drug-likeness (QED) is 0.746. The minimum absolute atomic E-state index is 0.178. The Morgan fingerprint density at radius 2 is 1.96 bits per heavy atom. The van der Waals surface area contributed by atoms with E-state index < -0.39 is 29.3 Å². The van der Waals surface area contributed by atoms with Gasteiger partial charge in [-0.25, -0.2) is 4.79 Å². The molecule has 2 fully saturated rings. The van der Waals surface area contributed by atoms with Gasteiger partial charge in [0.05, 0.1) is 5.92 Å². The molecule has 0 bridgehead atoms. The van der Waals surface area contributed by atoms with Crippen LogP contribution in [0, 0.1) is 5.92 Å². The van der Waals surface area contributed by atoms with Crippen molar-refractivity contribution < 1.29 is 19.2 Å². The van der Waals surface area contributed by atoms with Crippen LogP contribution < -0.4 is 10.7 Å². The van der Waals surface area contributed by atoms with Crippen molar-refractivity contribution in [2.45, 2.75) is 38.6 Å².